The third-order valence-corrected chi connectivity index (χ3v) is 11.1. The number of sulfonamides is 1. The van der Waals surface area contributed by atoms with Crippen LogP contribution in [0.3, 0.4) is 0 Å². The number of ether oxygens (including phenoxy) is 2. The summed E-state index contributed by atoms with van der Waals surface area (Å²) in [6.07, 6.45) is -0.422. The molecule has 1 heterocycles. The highest BCUT2D eigenvalue weighted by Gasteiger charge is 2.46. The summed E-state index contributed by atoms with van der Waals surface area (Å²) >= 11 is 1.60. The lowest BCUT2D eigenvalue weighted by Crippen LogP contribution is -2.54. The predicted octanol–water partition coefficient (Wildman–Crippen LogP) is 6.72. The fourth-order valence-electron chi connectivity index (χ4n) is 5.48. The summed E-state index contributed by atoms with van der Waals surface area (Å²) in [4.78, 5) is 28.0. The summed E-state index contributed by atoms with van der Waals surface area (Å²) in [7, 11) is -0.985. The number of thioether (sulfide) groups is 1. The van der Waals surface area contributed by atoms with Gasteiger partial charge in [-0.25, -0.2) is 18.2 Å². The van der Waals surface area contributed by atoms with Crippen molar-refractivity contribution in [3.05, 3.63) is 108 Å². The fourth-order valence-corrected chi connectivity index (χ4v) is 8.45. The molecular weight excluding hydrogens is 635 g/mol. The van der Waals surface area contributed by atoms with Crippen LogP contribution in [-0.4, -0.2) is 72.3 Å². The van der Waals surface area contributed by atoms with Gasteiger partial charge in [0.05, 0.1) is 18.6 Å². The van der Waals surface area contributed by atoms with Crippen molar-refractivity contribution in [2.75, 3.05) is 20.7 Å². The minimum absolute atomic E-state index is 0.0672. The number of hydrogen-bond acceptors (Lipinski definition) is 7. The first-order valence-corrected chi connectivity index (χ1v) is 17.9. The van der Waals surface area contributed by atoms with Gasteiger partial charge < -0.3 is 9.47 Å². The van der Waals surface area contributed by atoms with E-state index in [-0.39, 0.29) is 29.7 Å². The van der Waals surface area contributed by atoms with Crippen molar-refractivity contribution in [1.82, 2.24) is 14.3 Å². The molecule has 0 spiro atoms. The molecule has 0 aliphatic carbocycles. The monoisotopic (exact) mass is 675 g/mol. The van der Waals surface area contributed by atoms with Gasteiger partial charge >= 0.3 is 6.09 Å². The molecule has 2 atom stereocenters. The Balaban J connectivity index is 1.45. The van der Waals surface area contributed by atoms with Gasteiger partial charge in [0.1, 0.15) is 17.4 Å². The number of carbonyl (C=O) groups is 2. The molecule has 47 heavy (non-hydrogen) atoms. The van der Waals surface area contributed by atoms with E-state index in [4.69, 9.17) is 9.47 Å². The van der Waals surface area contributed by atoms with E-state index < -0.39 is 33.7 Å². The number of rotatable bonds is 9. The van der Waals surface area contributed by atoms with Crippen LogP contribution >= 0.6 is 11.8 Å². The van der Waals surface area contributed by atoms with Crippen LogP contribution in [0.5, 0.6) is 5.75 Å². The normalized spacial score (nSPS) is 17.0. The van der Waals surface area contributed by atoms with Gasteiger partial charge in [-0.3, -0.25) is 9.80 Å². The van der Waals surface area contributed by atoms with Crippen molar-refractivity contribution < 1.29 is 27.5 Å². The first-order chi connectivity index (χ1) is 22.4. The lowest BCUT2D eigenvalue weighted by molar-refractivity contribution is -0.149. The third-order valence-electron chi connectivity index (χ3n) is 7.94. The van der Waals surface area contributed by atoms with Crippen LogP contribution in [0.25, 0.3) is 10.8 Å². The number of fused-ring (bicyclic) bond motifs is 1. The van der Waals surface area contributed by atoms with E-state index in [1.54, 1.807) is 57.8 Å². The van der Waals surface area contributed by atoms with Crippen LogP contribution in [0.1, 0.15) is 38.3 Å². The van der Waals surface area contributed by atoms with Gasteiger partial charge in [-0.1, -0.05) is 72.8 Å². The molecule has 2 unspecified atom stereocenters. The fraction of sp³-hybridized carbons (Fsp3) is 0.333. The smallest absolute Gasteiger partial charge is 0.429 e. The van der Waals surface area contributed by atoms with Crippen LogP contribution in [-0.2, 0) is 31.9 Å². The number of nitrogens with zero attached hydrogens (tertiary/aromatic N) is 3. The van der Waals surface area contributed by atoms with E-state index in [1.807, 2.05) is 78.9 Å². The molecule has 11 heteroatoms. The Hall–Kier alpha value is -4.06. The zero-order valence-corrected chi connectivity index (χ0v) is 29.0. The SMILES string of the molecule is COc1ccc(CSC2CC(C(=O)N(C)N(Cc3ccccc3)C(=O)OC(C)(C)C)N(S(=O)(=O)c3ccc4ccccc4c3)C2)cc1. The topological polar surface area (TPSA) is 96.5 Å². The number of benzene rings is 4. The van der Waals surface area contributed by atoms with Gasteiger partial charge in [0.15, 0.2) is 0 Å². The predicted molar refractivity (Wildman–Crippen MR) is 185 cm³/mol. The Labute approximate surface area is 281 Å². The number of hydrazine groups is 1. The molecule has 0 N–H and O–H groups in total. The van der Waals surface area contributed by atoms with Gasteiger partial charge in [0, 0.05) is 24.6 Å². The summed E-state index contributed by atoms with van der Waals surface area (Å²) in [5, 5.41) is 3.99. The zero-order valence-electron chi connectivity index (χ0n) is 27.3. The van der Waals surface area contributed by atoms with Gasteiger partial charge in [0.25, 0.3) is 5.91 Å². The van der Waals surface area contributed by atoms with Gasteiger partial charge in [-0.15, -0.1) is 0 Å². The van der Waals surface area contributed by atoms with E-state index in [9.17, 15) is 18.0 Å². The highest BCUT2D eigenvalue weighted by Crippen LogP contribution is 2.36. The third kappa shape index (κ3) is 8.27. The van der Waals surface area contributed by atoms with Crippen molar-refractivity contribution in [2.45, 2.75) is 61.3 Å². The second-order valence-corrected chi connectivity index (χ2v) is 15.7. The molecule has 4 aromatic carbocycles. The highest BCUT2D eigenvalue weighted by molar-refractivity contribution is 7.99. The molecule has 1 aliphatic rings. The molecule has 0 aromatic heterocycles. The molecule has 2 amide bonds. The lowest BCUT2D eigenvalue weighted by Gasteiger charge is -2.36. The summed E-state index contributed by atoms with van der Waals surface area (Å²) in [5.74, 6) is 0.877. The lowest BCUT2D eigenvalue weighted by atomic mass is 10.1. The average molecular weight is 676 g/mol. The van der Waals surface area contributed by atoms with E-state index >= 15 is 0 Å². The first kappa shape index (κ1) is 34.3. The average Bonchev–Trinajstić information content (AvgIpc) is 3.50. The Morgan fingerprint density at radius 1 is 0.894 bits per heavy atom. The van der Waals surface area contributed by atoms with E-state index in [0.29, 0.717) is 5.75 Å². The standard InChI is InChI=1S/C36H41N3O6S2/c1-36(2,3)45-35(41)38(23-26-11-7-6-8-12-26)37(4)34(40)33-22-31(46-25-27-15-18-30(44-5)19-16-27)24-39(33)47(42,43)32-20-17-28-13-9-10-14-29(28)21-32/h6-21,31,33H,22-25H2,1-5H3. The molecule has 5 rings (SSSR count). The number of amides is 2. The van der Waals surface area contributed by atoms with Crippen molar-refractivity contribution >= 4 is 44.6 Å². The van der Waals surface area contributed by atoms with Crippen LogP contribution in [0.15, 0.2) is 102 Å². The Bertz CT molecular complexity index is 1810. The number of likely N-dealkylation sites (N-methyl/N-ethyl adjacent to an activating group) is 1. The summed E-state index contributed by atoms with van der Waals surface area (Å²) in [5.41, 5.74) is 1.04. The van der Waals surface area contributed by atoms with Gasteiger partial charge in [-0.2, -0.15) is 16.1 Å². The summed E-state index contributed by atoms with van der Waals surface area (Å²) in [6, 6.07) is 28.5. The maximum atomic E-state index is 14.4. The van der Waals surface area contributed by atoms with Crippen LogP contribution in [0, 0.1) is 0 Å². The van der Waals surface area contributed by atoms with E-state index in [1.165, 1.54) is 21.4 Å². The molecule has 1 saturated heterocycles. The second kappa shape index (κ2) is 14.4. The molecule has 4 aromatic rings. The van der Waals surface area contributed by atoms with Crippen molar-refractivity contribution in [3.8, 4) is 5.75 Å². The van der Waals surface area contributed by atoms with Crippen LogP contribution in [0.2, 0.25) is 0 Å². The minimum Gasteiger partial charge on any atom is -0.497 e. The van der Waals surface area contributed by atoms with E-state index in [0.717, 1.165) is 27.6 Å². The van der Waals surface area contributed by atoms with Gasteiger partial charge in [-0.05, 0) is 73.4 Å². The summed E-state index contributed by atoms with van der Waals surface area (Å²) < 4.78 is 40.9. The molecule has 1 aliphatic heterocycles. The number of carbonyl (C=O) groups excluding carboxylic acids is 2. The molecular formula is C36H41N3O6S2. The van der Waals surface area contributed by atoms with Crippen molar-refractivity contribution in [3.63, 3.8) is 0 Å². The summed E-state index contributed by atoms with van der Waals surface area (Å²) in [6.45, 7) is 5.48. The van der Waals surface area contributed by atoms with Crippen LogP contribution in [0.4, 0.5) is 4.79 Å². The molecule has 0 bridgehead atoms. The minimum atomic E-state index is -4.10. The molecule has 248 valence electrons. The molecule has 0 radical (unpaired) electrons. The highest BCUT2D eigenvalue weighted by atomic mass is 32.2. The first-order valence-electron chi connectivity index (χ1n) is 15.4. The Kier molecular flexibility index (Phi) is 10.5. The van der Waals surface area contributed by atoms with Crippen LogP contribution < -0.4 is 4.74 Å². The largest absolute Gasteiger partial charge is 0.497 e. The molecule has 9 nitrogen and oxygen atoms in total. The maximum Gasteiger partial charge on any atom is 0.429 e. The molecule has 0 saturated carbocycles. The quantitative estimate of drug-likeness (QED) is 0.182. The Morgan fingerprint density at radius 2 is 1.55 bits per heavy atom. The number of methoxy groups -OCH3 is 1. The number of hydrogen-bond donors (Lipinski definition) is 0. The Morgan fingerprint density at radius 3 is 2.21 bits per heavy atom. The zero-order chi connectivity index (χ0) is 33.8. The van der Waals surface area contributed by atoms with E-state index in [2.05, 4.69) is 0 Å². The van der Waals surface area contributed by atoms with Crippen molar-refractivity contribution in [1.29, 1.82) is 0 Å². The maximum absolute atomic E-state index is 14.4. The molecule has 1 fully saturated rings. The van der Waals surface area contributed by atoms with Crippen molar-refractivity contribution in [2.24, 2.45) is 0 Å². The van der Waals surface area contributed by atoms with Gasteiger partial charge in [0.2, 0.25) is 10.0 Å². The second-order valence-electron chi connectivity index (χ2n) is 12.5.